The van der Waals surface area contributed by atoms with E-state index in [1.165, 1.54) is 58.1 Å². The molecule has 324 valence electrons. The fourth-order valence-electron chi connectivity index (χ4n) is 7.99. The maximum Gasteiger partial charge on any atom is 0.409 e. The summed E-state index contributed by atoms with van der Waals surface area (Å²) in [5.74, 6) is -2.19. The first-order valence-electron chi connectivity index (χ1n) is 19.9. The number of aliphatic hydroxyl groups is 1. The maximum absolute atomic E-state index is 15.7. The van der Waals surface area contributed by atoms with Gasteiger partial charge < -0.3 is 34.7 Å². The Morgan fingerprint density at radius 3 is 2.49 bits per heavy atom. The van der Waals surface area contributed by atoms with Crippen molar-refractivity contribution in [3.05, 3.63) is 94.3 Å². The number of amides is 2. The number of aliphatic hydroxyl groups excluding tert-OH is 1. The van der Waals surface area contributed by atoms with Crippen LogP contribution in [0.3, 0.4) is 0 Å². The molecule has 5 heterocycles. The van der Waals surface area contributed by atoms with Gasteiger partial charge in [-0.1, -0.05) is 27.4 Å². The molecule has 2 aromatic carbocycles. The van der Waals surface area contributed by atoms with Gasteiger partial charge in [0, 0.05) is 75.1 Å². The Labute approximate surface area is 349 Å². The van der Waals surface area contributed by atoms with Gasteiger partial charge in [-0.05, 0) is 66.3 Å². The van der Waals surface area contributed by atoms with E-state index in [1.54, 1.807) is 12.1 Å². The van der Waals surface area contributed by atoms with Crippen LogP contribution in [0, 0.1) is 5.82 Å². The van der Waals surface area contributed by atoms with E-state index in [1.807, 2.05) is 25.7 Å². The molecule has 61 heavy (non-hydrogen) atoms. The summed E-state index contributed by atoms with van der Waals surface area (Å²) in [6, 6.07) is 6.96. The van der Waals surface area contributed by atoms with Crippen molar-refractivity contribution < 1.29 is 41.7 Å². The number of carbonyl (C=O) groups excluding carboxylic acids is 2. The molecule has 2 fully saturated rings. The number of halogens is 4. The molecule has 1 unspecified atom stereocenters. The van der Waals surface area contributed by atoms with Crippen LogP contribution in [0.1, 0.15) is 55.1 Å². The van der Waals surface area contributed by atoms with Crippen LogP contribution in [0.4, 0.5) is 46.3 Å². The molecule has 14 nitrogen and oxygen atoms in total. The van der Waals surface area contributed by atoms with Crippen molar-refractivity contribution in [1.29, 1.82) is 0 Å². The fraction of sp³-hybridized carbons (Fsp3) is 0.419. The second-order valence-electron chi connectivity index (χ2n) is 16.2. The highest BCUT2D eigenvalue weighted by Crippen LogP contribution is 2.39. The first kappa shape index (κ1) is 43.2. The maximum atomic E-state index is 15.7. The summed E-state index contributed by atoms with van der Waals surface area (Å²) in [5, 5.41) is 16.3. The van der Waals surface area contributed by atoms with Crippen LogP contribution in [0.2, 0.25) is 0 Å². The van der Waals surface area contributed by atoms with E-state index in [4.69, 9.17) is 9.47 Å². The number of rotatable bonds is 9. The molecule has 2 aromatic heterocycles. The van der Waals surface area contributed by atoms with Gasteiger partial charge in [-0.2, -0.15) is 13.2 Å². The molecular weight excluding hydrogens is 801 g/mol. The normalized spacial score (nSPS) is 18.0. The van der Waals surface area contributed by atoms with Gasteiger partial charge in [-0.15, -0.1) is 0 Å². The third-order valence-electron chi connectivity index (χ3n) is 11.3. The lowest BCUT2D eigenvalue weighted by atomic mass is 9.86. The van der Waals surface area contributed by atoms with Crippen molar-refractivity contribution in [2.75, 3.05) is 66.4 Å². The predicted octanol–water partition coefficient (Wildman–Crippen LogP) is 5.91. The van der Waals surface area contributed by atoms with Gasteiger partial charge in [-0.25, -0.2) is 14.4 Å². The smallest absolute Gasteiger partial charge is 0.409 e. The third kappa shape index (κ3) is 8.97. The highest BCUT2D eigenvalue weighted by Gasteiger charge is 2.48. The summed E-state index contributed by atoms with van der Waals surface area (Å²) < 4.78 is 72.4. The molecule has 3 aliphatic rings. The Hall–Kier alpha value is -5.85. The Kier molecular flexibility index (Phi) is 12.2. The number of hydrogen-bond donors (Lipinski definition) is 3. The van der Waals surface area contributed by atoms with Gasteiger partial charge in [0.1, 0.15) is 35.6 Å². The number of benzene rings is 2. The Balaban J connectivity index is 1.21. The number of anilines is 5. The molecule has 3 aliphatic heterocycles. The number of aryl methyl sites for hydroxylation is 1. The zero-order chi connectivity index (χ0) is 43.8. The summed E-state index contributed by atoms with van der Waals surface area (Å²) in [4.78, 5) is 53.5. The third-order valence-corrected chi connectivity index (χ3v) is 11.3. The molecule has 7 rings (SSSR count). The van der Waals surface area contributed by atoms with Crippen molar-refractivity contribution in [3.63, 3.8) is 0 Å². The van der Waals surface area contributed by atoms with E-state index < -0.39 is 47.4 Å². The zero-order valence-electron chi connectivity index (χ0n) is 34.3. The second kappa shape index (κ2) is 17.3. The highest BCUT2D eigenvalue weighted by molar-refractivity contribution is 6.08. The van der Waals surface area contributed by atoms with Crippen molar-refractivity contribution in [3.8, 4) is 17.0 Å². The average Bonchev–Trinajstić information content (AvgIpc) is 3.40. The lowest BCUT2D eigenvalue weighted by molar-refractivity contribution is -0.159. The largest absolute Gasteiger partial charge is 0.491 e. The molecule has 0 aliphatic carbocycles. The lowest BCUT2D eigenvalue weighted by Gasteiger charge is -2.47. The summed E-state index contributed by atoms with van der Waals surface area (Å²) in [6.45, 7) is 9.73. The SMILES string of the molecule is C=CC(=O)Nc1cc(Nc2nc(-c3ccnc(N4CCOc5cc(C(C)(C)C)cc(F)c5C4=O)c3CO)cn(C)c2=O)ccc1N1CCN(C2CCOCC2)CC1C(F)(F)F. The number of fused-ring (bicyclic) bond motifs is 1. The van der Waals surface area contributed by atoms with Crippen LogP contribution < -0.4 is 30.7 Å². The molecule has 18 heteroatoms. The second-order valence-corrected chi connectivity index (χ2v) is 16.2. The number of hydrogen-bond acceptors (Lipinski definition) is 11. The summed E-state index contributed by atoms with van der Waals surface area (Å²) in [5.41, 5.74) is 0.443. The Morgan fingerprint density at radius 1 is 1.05 bits per heavy atom. The molecular formula is C43H48F4N8O6. The Bertz CT molecular complexity index is 2390. The van der Waals surface area contributed by atoms with Crippen LogP contribution in [0.25, 0.3) is 11.3 Å². The molecule has 2 amide bonds. The van der Waals surface area contributed by atoms with Crippen LogP contribution in [0.5, 0.6) is 5.75 Å². The van der Waals surface area contributed by atoms with Crippen LogP contribution in [-0.4, -0.2) is 101 Å². The van der Waals surface area contributed by atoms with Crippen molar-refractivity contribution in [2.24, 2.45) is 7.05 Å². The lowest BCUT2D eigenvalue weighted by Crippen LogP contribution is -2.61. The number of ether oxygens (including phenoxy) is 2. The van der Waals surface area contributed by atoms with Crippen LogP contribution in [0.15, 0.2) is 66.2 Å². The van der Waals surface area contributed by atoms with Gasteiger partial charge >= 0.3 is 6.18 Å². The number of pyridine rings is 1. The predicted molar refractivity (Wildman–Crippen MR) is 222 cm³/mol. The molecule has 0 radical (unpaired) electrons. The minimum Gasteiger partial charge on any atom is -0.491 e. The number of piperazine rings is 1. The van der Waals surface area contributed by atoms with Gasteiger partial charge in [0.2, 0.25) is 5.91 Å². The molecule has 0 bridgehead atoms. The molecule has 3 N–H and O–H groups in total. The van der Waals surface area contributed by atoms with Crippen molar-refractivity contribution in [1.82, 2.24) is 19.4 Å². The number of aromatic nitrogens is 3. The summed E-state index contributed by atoms with van der Waals surface area (Å²) in [6.07, 6.45) is 0.522. The zero-order valence-corrected chi connectivity index (χ0v) is 34.3. The van der Waals surface area contributed by atoms with E-state index in [0.717, 1.165) is 6.08 Å². The van der Waals surface area contributed by atoms with Gasteiger partial charge in [0.25, 0.3) is 11.5 Å². The fourth-order valence-corrected chi connectivity index (χ4v) is 7.99. The topological polar surface area (TPSA) is 154 Å². The monoisotopic (exact) mass is 848 g/mol. The van der Waals surface area contributed by atoms with E-state index in [-0.39, 0.29) is 83.6 Å². The number of alkyl halides is 3. The van der Waals surface area contributed by atoms with Crippen LogP contribution >= 0.6 is 0 Å². The number of carbonyl (C=O) groups is 2. The number of nitrogens with one attached hydrogen (secondary N) is 2. The van der Waals surface area contributed by atoms with Crippen LogP contribution in [-0.2, 0) is 28.6 Å². The van der Waals surface area contributed by atoms with Gasteiger partial charge in [0.15, 0.2) is 5.82 Å². The first-order chi connectivity index (χ1) is 29.0. The van der Waals surface area contributed by atoms with Crippen molar-refractivity contribution in [2.45, 2.75) is 63.9 Å². The molecule has 0 saturated carbocycles. The molecule has 4 aromatic rings. The van der Waals surface area contributed by atoms with Crippen molar-refractivity contribution >= 4 is 40.5 Å². The first-order valence-corrected chi connectivity index (χ1v) is 19.9. The van der Waals surface area contributed by atoms with E-state index in [0.29, 0.717) is 43.7 Å². The van der Waals surface area contributed by atoms with E-state index in [2.05, 4.69) is 27.2 Å². The highest BCUT2D eigenvalue weighted by atomic mass is 19.4. The van der Waals surface area contributed by atoms with E-state index >= 15 is 4.39 Å². The number of nitrogens with zero attached hydrogens (tertiary/aromatic N) is 6. The minimum absolute atomic E-state index is 0.00606. The quantitative estimate of drug-likeness (QED) is 0.136. The van der Waals surface area contributed by atoms with Gasteiger partial charge in [-0.3, -0.25) is 24.2 Å². The van der Waals surface area contributed by atoms with Gasteiger partial charge in [0.05, 0.1) is 30.2 Å². The van der Waals surface area contributed by atoms with E-state index in [9.17, 15) is 32.7 Å². The molecule has 0 spiro atoms. The Morgan fingerprint density at radius 2 is 1.80 bits per heavy atom. The standard InChI is InChI=1S/C43H48F4N8O6/c1-6-36(57)50-31-21-26(7-8-33(31)54-14-13-53(23-35(54)43(45,46)47)27-10-16-60-17-11-27)49-38-41(59)52(5)22-32(51-38)28-9-12-48-39(29(28)24-56)55-15-18-61-34-20-25(42(2,3)4)19-30(44)37(34)40(55)58/h6-9,12,19-22,27,35,56H,1,10-11,13-18,23-24H2,2-5H3,(H,49,51)(H,50,57). The minimum atomic E-state index is -4.59. The molecule has 1 atom stereocenters. The summed E-state index contributed by atoms with van der Waals surface area (Å²) in [7, 11) is 1.48. The summed E-state index contributed by atoms with van der Waals surface area (Å²) >= 11 is 0. The molecule has 2 saturated heterocycles. The average molecular weight is 849 g/mol.